The Morgan fingerprint density at radius 1 is 1.08 bits per heavy atom. The second-order valence-corrected chi connectivity index (χ2v) is 5.85. The Morgan fingerprint density at radius 3 is 2.71 bits per heavy atom. The van der Waals surface area contributed by atoms with Crippen molar-refractivity contribution in [3.05, 3.63) is 65.4 Å². The highest BCUT2D eigenvalue weighted by Gasteiger charge is 2.15. The fourth-order valence-electron chi connectivity index (χ4n) is 2.88. The summed E-state index contributed by atoms with van der Waals surface area (Å²) in [7, 11) is 0. The van der Waals surface area contributed by atoms with Crippen LogP contribution in [0, 0.1) is 6.92 Å². The van der Waals surface area contributed by atoms with Crippen molar-refractivity contribution in [2.75, 3.05) is 11.1 Å². The van der Waals surface area contributed by atoms with Gasteiger partial charge >= 0.3 is 0 Å². The molecule has 5 nitrogen and oxygen atoms in total. The topological polar surface area (TPSA) is 76.2 Å². The maximum absolute atomic E-state index is 5.65. The Hall–Kier alpha value is -3.21. The lowest BCUT2D eigenvalue weighted by molar-refractivity contribution is 1.11. The molecule has 1 aliphatic rings. The van der Waals surface area contributed by atoms with E-state index in [1.54, 1.807) is 12.3 Å². The molecule has 118 valence electrons. The fourth-order valence-corrected chi connectivity index (χ4v) is 2.88. The van der Waals surface area contributed by atoms with Crippen LogP contribution in [0.5, 0.6) is 0 Å². The Bertz CT molecular complexity index is 929. The van der Waals surface area contributed by atoms with Gasteiger partial charge in [0.25, 0.3) is 0 Å². The molecule has 3 N–H and O–H groups in total. The second-order valence-electron chi connectivity index (χ2n) is 5.85. The van der Waals surface area contributed by atoms with Gasteiger partial charge in [-0.1, -0.05) is 29.8 Å². The number of hydrogen-bond donors (Lipinski definition) is 2. The third-order valence-corrected chi connectivity index (χ3v) is 4.07. The first-order valence-corrected chi connectivity index (χ1v) is 7.78. The molecule has 0 bridgehead atoms. The zero-order valence-corrected chi connectivity index (χ0v) is 13.3. The van der Waals surface area contributed by atoms with Crippen molar-refractivity contribution in [1.82, 2.24) is 9.97 Å². The zero-order valence-electron chi connectivity index (χ0n) is 13.3. The van der Waals surface area contributed by atoms with Crippen LogP contribution in [-0.2, 0) is 6.54 Å². The van der Waals surface area contributed by atoms with Crippen LogP contribution < -0.4 is 11.1 Å². The first-order chi connectivity index (χ1) is 11.7. The van der Waals surface area contributed by atoms with Crippen molar-refractivity contribution in [3.63, 3.8) is 0 Å². The molecule has 2 heterocycles. The zero-order chi connectivity index (χ0) is 16.5. The van der Waals surface area contributed by atoms with E-state index in [1.807, 2.05) is 6.21 Å². The van der Waals surface area contributed by atoms with Crippen molar-refractivity contribution >= 4 is 23.7 Å². The fraction of sp³-hybridized carbons (Fsp3) is 0.105. The number of hydrogen-bond acceptors (Lipinski definition) is 5. The molecule has 0 unspecified atom stereocenters. The molecule has 4 rings (SSSR count). The summed E-state index contributed by atoms with van der Waals surface area (Å²) in [6.45, 7) is 2.81. The number of nitrogens with zero attached hydrogens (tertiary/aromatic N) is 3. The molecule has 0 saturated heterocycles. The second kappa shape index (κ2) is 5.77. The highest BCUT2D eigenvalue weighted by Crippen LogP contribution is 2.33. The predicted octanol–water partition coefficient (Wildman–Crippen LogP) is 3.71. The van der Waals surface area contributed by atoms with Crippen LogP contribution in [0.25, 0.3) is 11.1 Å². The van der Waals surface area contributed by atoms with E-state index in [-0.39, 0.29) is 5.95 Å². The predicted molar refractivity (Wildman–Crippen MR) is 97.6 cm³/mol. The summed E-state index contributed by atoms with van der Waals surface area (Å²) in [6, 6.07) is 14.6. The molecule has 0 fully saturated rings. The number of nitrogens with two attached hydrogens (primary N) is 1. The third-order valence-electron chi connectivity index (χ3n) is 4.07. The van der Waals surface area contributed by atoms with Crippen molar-refractivity contribution in [2.45, 2.75) is 13.5 Å². The maximum atomic E-state index is 5.65. The molecule has 0 radical (unpaired) electrons. The number of aryl methyl sites for hydroxylation is 1. The maximum Gasteiger partial charge on any atom is 0.221 e. The summed E-state index contributed by atoms with van der Waals surface area (Å²) in [6.07, 6.45) is 3.56. The number of nitrogens with one attached hydrogen (secondary N) is 1. The Morgan fingerprint density at radius 2 is 1.92 bits per heavy atom. The summed E-state index contributed by atoms with van der Waals surface area (Å²) in [5.41, 5.74) is 12.6. The molecule has 0 saturated carbocycles. The van der Waals surface area contributed by atoms with Crippen LogP contribution in [0.1, 0.15) is 16.7 Å². The number of anilines is 3. The van der Waals surface area contributed by atoms with Crippen LogP contribution in [0.3, 0.4) is 0 Å². The number of rotatable bonds is 3. The Kier molecular flexibility index (Phi) is 3.46. The van der Waals surface area contributed by atoms with Gasteiger partial charge in [0.05, 0.1) is 6.54 Å². The lowest BCUT2D eigenvalue weighted by Crippen LogP contribution is -2.00. The molecule has 3 aromatic rings. The van der Waals surface area contributed by atoms with E-state index in [4.69, 9.17) is 5.73 Å². The van der Waals surface area contributed by atoms with E-state index < -0.39 is 0 Å². The molecule has 0 amide bonds. The quantitative estimate of drug-likeness (QED) is 0.772. The van der Waals surface area contributed by atoms with Gasteiger partial charge in [-0.3, -0.25) is 4.99 Å². The molecule has 0 spiro atoms. The van der Waals surface area contributed by atoms with Gasteiger partial charge < -0.3 is 11.1 Å². The molecule has 0 atom stereocenters. The highest BCUT2D eigenvalue weighted by molar-refractivity contribution is 5.91. The Labute approximate surface area is 140 Å². The number of aromatic nitrogens is 2. The molecule has 1 aromatic heterocycles. The van der Waals surface area contributed by atoms with Gasteiger partial charge in [0.15, 0.2) is 0 Å². The number of fused-ring (bicyclic) bond motifs is 1. The van der Waals surface area contributed by atoms with Gasteiger partial charge in [0, 0.05) is 23.7 Å². The van der Waals surface area contributed by atoms with Crippen LogP contribution in [0.15, 0.2) is 53.7 Å². The van der Waals surface area contributed by atoms with Crippen LogP contribution in [0.2, 0.25) is 0 Å². The van der Waals surface area contributed by atoms with Crippen LogP contribution in [-0.4, -0.2) is 16.2 Å². The summed E-state index contributed by atoms with van der Waals surface area (Å²) in [5.74, 6) is 0.925. The largest absolute Gasteiger partial charge is 0.368 e. The first-order valence-electron chi connectivity index (χ1n) is 7.78. The van der Waals surface area contributed by atoms with Gasteiger partial charge in [0.2, 0.25) is 5.95 Å². The summed E-state index contributed by atoms with van der Waals surface area (Å²) in [5, 5.41) is 3.30. The van der Waals surface area contributed by atoms with Crippen molar-refractivity contribution < 1.29 is 0 Å². The van der Waals surface area contributed by atoms with Gasteiger partial charge in [-0.05, 0) is 41.8 Å². The number of nitrogen functional groups attached to an aromatic ring is 1. The van der Waals surface area contributed by atoms with E-state index in [1.165, 1.54) is 22.3 Å². The molecular weight excluding hydrogens is 298 g/mol. The van der Waals surface area contributed by atoms with Crippen molar-refractivity contribution in [1.29, 1.82) is 0 Å². The monoisotopic (exact) mass is 315 g/mol. The van der Waals surface area contributed by atoms with Crippen molar-refractivity contribution in [3.8, 4) is 11.1 Å². The van der Waals surface area contributed by atoms with E-state index in [9.17, 15) is 0 Å². The average molecular weight is 315 g/mol. The molecule has 2 aromatic carbocycles. The standard InChI is InChI=1S/C19H17N5/c1-12-2-4-13(5-3-12)16-9-15(8-14-10-21-11-17(14)16)23-18-6-7-22-19(20)24-18/h2-10H,11H2,1H3,(H3,20,22,23,24). The molecule has 5 heteroatoms. The van der Waals surface area contributed by atoms with E-state index in [0.717, 1.165) is 17.8 Å². The Balaban J connectivity index is 1.77. The molecule has 0 aliphatic carbocycles. The number of aliphatic imine (C=N–C) groups is 1. The highest BCUT2D eigenvalue weighted by atomic mass is 15.1. The van der Waals surface area contributed by atoms with Gasteiger partial charge in [0.1, 0.15) is 5.82 Å². The summed E-state index contributed by atoms with van der Waals surface area (Å²) in [4.78, 5) is 12.5. The lowest BCUT2D eigenvalue weighted by atomic mass is 9.95. The molecule has 24 heavy (non-hydrogen) atoms. The minimum absolute atomic E-state index is 0.251. The summed E-state index contributed by atoms with van der Waals surface area (Å²) >= 11 is 0. The van der Waals surface area contributed by atoms with Crippen molar-refractivity contribution in [2.24, 2.45) is 4.99 Å². The summed E-state index contributed by atoms with van der Waals surface area (Å²) < 4.78 is 0. The minimum Gasteiger partial charge on any atom is -0.368 e. The van der Waals surface area contributed by atoms with Crippen LogP contribution >= 0.6 is 0 Å². The van der Waals surface area contributed by atoms with Gasteiger partial charge in [-0.15, -0.1) is 0 Å². The normalized spacial score (nSPS) is 12.2. The SMILES string of the molecule is Cc1ccc(-c2cc(Nc3ccnc(N)n3)cc3c2CN=C3)cc1. The number of benzene rings is 2. The minimum atomic E-state index is 0.251. The lowest BCUT2D eigenvalue weighted by Gasteiger charge is -2.13. The molecule has 1 aliphatic heterocycles. The van der Waals surface area contributed by atoms with E-state index in [0.29, 0.717) is 5.82 Å². The first kappa shape index (κ1) is 14.4. The smallest absolute Gasteiger partial charge is 0.221 e. The molecular formula is C19H17N5. The average Bonchev–Trinajstić information content (AvgIpc) is 3.03. The third kappa shape index (κ3) is 2.72. The van der Waals surface area contributed by atoms with Gasteiger partial charge in [-0.25, -0.2) is 4.98 Å². The van der Waals surface area contributed by atoms with Crippen LogP contribution in [0.4, 0.5) is 17.5 Å². The van der Waals surface area contributed by atoms with E-state index >= 15 is 0 Å². The van der Waals surface area contributed by atoms with Gasteiger partial charge in [-0.2, -0.15) is 4.98 Å². The van der Waals surface area contributed by atoms with E-state index in [2.05, 4.69) is 63.6 Å².